The molecule has 4 N–H and O–H groups in total. The molecule has 0 aromatic heterocycles. The van der Waals surface area contributed by atoms with Crippen molar-refractivity contribution in [1.29, 1.82) is 0 Å². The Morgan fingerprint density at radius 1 is 1.10 bits per heavy atom. The largest absolute Gasteiger partial charge is 1.00 e. The van der Waals surface area contributed by atoms with E-state index in [9.17, 15) is 33.1 Å². The molecular weight excluding hydrogens is 445 g/mol. The monoisotopic (exact) mass is 465 g/mol. The van der Waals surface area contributed by atoms with E-state index >= 15 is 0 Å². The van der Waals surface area contributed by atoms with Crippen LogP contribution in [-0.2, 0) is 16.7 Å². The minimum Gasteiger partial charge on any atom is -0.735 e. The molecule has 0 spiro atoms. The predicted octanol–water partition coefficient (Wildman–Crippen LogP) is -1.94. The Morgan fingerprint density at radius 3 is 2.27 bits per heavy atom. The summed E-state index contributed by atoms with van der Waals surface area (Å²) in [5.41, 5.74) is 0.381. The van der Waals surface area contributed by atoms with Gasteiger partial charge in [0.2, 0.25) is 0 Å². The quantitative estimate of drug-likeness (QED) is 0.135. The second-order valence-electron chi connectivity index (χ2n) is 5.96. The molecule has 0 atom stereocenters. The van der Waals surface area contributed by atoms with Crippen LogP contribution in [0.4, 0.5) is 0 Å². The topological polar surface area (TPSA) is 165 Å². The van der Waals surface area contributed by atoms with Crippen LogP contribution in [-0.4, -0.2) is 54.3 Å². The fourth-order valence-electron chi connectivity index (χ4n) is 2.57. The van der Waals surface area contributed by atoms with Gasteiger partial charge in [-0.05, 0) is 24.1 Å². The number of hydrogen-bond acceptors (Lipinski definition) is 9. The minimum absolute atomic E-state index is 0. The first-order chi connectivity index (χ1) is 13.6. The number of carbonyl (C=O) groups excluding carboxylic acids is 1. The van der Waals surface area contributed by atoms with Crippen LogP contribution in [0.3, 0.4) is 0 Å². The van der Waals surface area contributed by atoms with Gasteiger partial charge in [-0.1, -0.05) is 6.07 Å². The van der Waals surface area contributed by atoms with E-state index in [1.54, 1.807) is 16.9 Å². The van der Waals surface area contributed by atoms with Crippen molar-refractivity contribution in [3.05, 3.63) is 41.5 Å². The number of carbonyl (C=O) groups is 1. The molecule has 0 amide bonds. The first kappa shape index (κ1) is 26.7. The van der Waals surface area contributed by atoms with Crippen LogP contribution in [0.5, 0.6) is 28.7 Å². The van der Waals surface area contributed by atoms with Gasteiger partial charge in [0.05, 0.1) is 7.11 Å². The maximum Gasteiger partial charge on any atom is 1.00 e. The molecule has 10 nitrogen and oxygen atoms in total. The number of nitrogens with one attached hydrogen (secondary N) is 1. The summed E-state index contributed by atoms with van der Waals surface area (Å²) in [6.07, 6.45) is 0.210. The van der Waals surface area contributed by atoms with Crippen LogP contribution < -0.4 is 65.6 Å². The first-order valence-electron chi connectivity index (χ1n) is 8.39. The molecule has 0 saturated carbocycles. The number of phenolic OH excluding ortho intramolecular Hbond substituents is 3. The molecule has 12 heteroatoms. The van der Waals surface area contributed by atoms with Crippen molar-refractivity contribution in [2.24, 2.45) is 0 Å². The molecule has 2 aromatic rings. The maximum absolute atomic E-state index is 12.4. The zero-order valence-electron chi connectivity index (χ0n) is 16.4. The minimum atomic E-state index is -4.59. The smallest absolute Gasteiger partial charge is 0.735 e. The van der Waals surface area contributed by atoms with Gasteiger partial charge in [-0.2, -0.15) is 0 Å². The number of Topliss-reactive ketones (excluding diaryl/α,β-unsaturated/α-hetero) is 1. The van der Waals surface area contributed by atoms with Crippen LogP contribution in [0.1, 0.15) is 22.3 Å². The summed E-state index contributed by atoms with van der Waals surface area (Å²) in [5.74, 6) is -1.32. The fourth-order valence-corrected chi connectivity index (χ4v) is 2.90. The van der Waals surface area contributed by atoms with Crippen molar-refractivity contribution in [3.63, 3.8) is 0 Å². The van der Waals surface area contributed by atoms with Gasteiger partial charge in [0.1, 0.15) is 29.4 Å². The van der Waals surface area contributed by atoms with E-state index in [0.29, 0.717) is 11.3 Å². The van der Waals surface area contributed by atoms with Gasteiger partial charge in [-0.15, -0.1) is 0 Å². The molecule has 0 aliphatic rings. The number of aryl methyl sites for hydroxylation is 1. The van der Waals surface area contributed by atoms with Gasteiger partial charge < -0.3 is 29.3 Å². The molecule has 2 aromatic carbocycles. The SMILES string of the molecule is COc1ccc(CCC(=O)c2c(O)cc(OCCNS(=O)(=O)[O-])cc2O)cc1O.[K+]. The third kappa shape index (κ3) is 8.04. The maximum atomic E-state index is 12.4. The molecule has 0 aliphatic carbocycles. The average molecular weight is 466 g/mol. The van der Waals surface area contributed by atoms with E-state index < -0.39 is 27.6 Å². The van der Waals surface area contributed by atoms with E-state index in [0.717, 1.165) is 12.1 Å². The van der Waals surface area contributed by atoms with Crippen LogP contribution >= 0.6 is 0 Å². The van der Waals surface area contributed by atoms with E-state index in [1.165, 1.54) is 13.2 Å². The molecule has 0 radical (unpaired) electrons. The van der Waals surface area contributed by atoms with Crippen LogP contribution in [0.2, 0.25) is 0 Å². The normalized spacial score (nSPS) is 10.9. The second-order valence-corrected chi connectivity index (χ2v) is 7.16. The fraction of sp³-hybridized carbons (Fsp3) is 0.278. The number of rotatable bonds is 10. The summed E-state index contributed by atoms with van der Waals surface area (Å²) in [5, 5.41) is 29.9. The number of benzene rings is 2. The van der Waals surface area contributed by atoms with Crippen molar-refractivity contribution >= 4 is 16.1 Å². The predicted molar refractivity (Wildman–Crippen MR) is 100 cm³/mol. The second kappa shape index (κ2) is 11.9. The van der Waals surface area contributed by atoms with Crippen LogP contribution in [0.25, 0.3) is 0 Å². The number of ether oxygens (including phenoxy) is 2. The van der Waals surface area contributed by atoms with E-state index in [4.69, 9.17) is 9.47 Å². The van der Waals surface area contributed by atoms with Crippen LogP contribution in [0.15, 0.2) is 30.3 Å². The van der Waals surface area contributed by atoms with Gasteiger partial charge in [0.15, 0.2) is 27.6 Å². The molecule has 0 aliphatic heterocycles. The van der Waals surface area contributed by atoms with Crippen molar-refractivity contribution in [1.82, 2.24) is 4.72 Å². The van der Waals surface area contributed by atoms with E-state index in [-0.39, 0.29) is 94.4 Å². The summed E-state index contributed by atoms with van der Waals surface area (Å²) in [4.78, 5) is 12.4. The van der Waals surface area contributed by atoms with Gasteiger partial charge >= 0.3 is 51.4 Å². The Bertz CT molecular complexity index is 972. The Balaban J connectivity index is 0.00000450. The molecule has 0 unspecified atom stereocenters. The number of ketones is 1. The Kier molecular flexibility index (Phi) is 10.5. The number of aromatic hydroxyl groups is 3. The van der Waals surface area contributed by atoms with E-state index in [2.05, 4.69) is 0 Å². The van der Waals surface area contributed by atoms with Gasteiger partial charge in [-0.25, -0.2) is 13.1 Å². The zero-order chi connectivity index (χ0) is 21.6. The van der Waals surface area contributed by atoms with Gasteiger partial charge in [0, 0.05) is 25.1 Å². The average Bonchev–Trinajstić information content (AvgIpc) is 2.62. The van der Waals surface area contributed by atoms with E-state index in [1.807, 2.05) is 0 Å². The summed E-state index contributed by atoms with van der Waals surface area (Å²) < 4.78 is 43.0. The summed E-state index contributed by atoms with van der Waals surface area (Å²) in [7, 11) is -3.18. The third-order valence-electron chi connectivity index (χ3n) is 3.88. The van der Waals surface area contributed by atoms with Crippen LogP contribution in [0, 0.1) is 0 Å². The standard InChI is InChI=1S/C18H21NO9S.K/c1-27-17-5-3-11(8-14(17)21)2-4-13(20)18-15(22)9-12(10-16(18)23)28-7-6-19-29(24,25)26;/h3,5,8-10,19,21-23H,2,4,6-7H2,1H3,(H,24,25,26);/q;+1/p-1. The Labute approximate surface area is 216 Å². The summed E-state index contributed by atoms with van der Waals surface area (Å²) in [6.45, 7) is -0.530. The Hall–Kier alpha value is -1.38. The molecule has 0 heterocycles. The molecule has 0 bridgehead atoms. The molecule has 158 valence electrons. The van der Waals surface area contributed by atoms with Gasteiger partial charge in [-0.3, -0.25) is 4.79 Å². The first-order valence-corrected chi connectivity index (χ1v) is 9.80. The van der Waals surface area contributed by atoms with Crippen molar-refractivity contribution in [2.75, 3.05) is 20.3 Å². The molecule has 0 saturated heterocycles. The summed E-state index contributed by atoms with van der Waals surface area (Å²) in [6, 6.07) is 6.89. The molecule has 0 fully saturated rings. The van der Waals surface area contributed by atoms with Gasteiger partial charge in [0.25, 0.3) is 0 Å². The van der Waals surface area contributed by atoms with Crippen molar-refractivity contribution < 1.29 is 93.9 Å². The Morgan fingerprint density at radius 2 is 1.73 bits per heavy atom. The molecule has 30 heavy (non-hydrogen) atoms. The third-order valence-corrected chi connectivity index (χ3v) is 4.44. The van der Waals surface area contributed by atoms with Crippen molar-refractivity contribution in [3.8, 4) is 28.7 Å². The summed E-state index contributed by atoms with van der Waals surface area (Å²) >= 11 is 0. The number of hydrogen-bond donors (Lipinski definition) is 4. The molecule has 2 rings (SSSR count). The van der Waals surface area contributed by atoms with Crippen molar-refractivity contribution in [2.45, 2.75) is 12.8 Å². The number of methoxy groups -OCH3 is 1. The molecular formula is C18H20KNO9S. The zero-order valence-corrected chi connectivity index (χ0v) is 20.4. The number of phenols is 3.